The van der Waals surface area contributed by atoms with Gasteiger partial charge in [-0.15, -0.1) is 0 Å². The molecule has 0 amide bonds. The summed E-state index contributed by atoms with van der Waals surface area (Å²) in [6.45, 7) is -0.981. The van der Waals surface area contributed by atoms with E-state index in [1.54, 1.807) is 0 Å². The zero-order valence-corrected chi connectivity index (χ0v) is 6.73. The van der Waals surface area contributed by atoms with E-state index in [-0.39, 0.29) is 13.2 Å². The van der Waals surface area contributed by atoms with E-state index in [1.807, 2.05) is 0 Å². The van der Waals surface area contributed by atoms with Gasteiger partial charge < -0.3 is 9.84 Å². The zero-order valence-electron chi connectivity index (χ0n) is 6.73. The van der Waals surface area contributed by atoms with Gasteiger partial charge >= 0.3 is 6.18 Å². The van der Waals surface area contributed by atoms with Crippen molar-refractivity contribution in [2.24, 2.45) is 0 Å². The van der Waals surface area contributed by atoms with Crippen molar-refractivity contribution in [3.63, 3.8) is 0 Å². The van der Waals surface area contributed by atoms with Gasteiger partial charge in [-0.3, -0.25) is 0 Å². The van der Waals surface area contributed by atoms with Crippen LogP contribution in [-0.2, 0) is 4.74 Å². The van der Waals surface area contributed by atoms with Gasteiger partial charge in [0.05, 0.1) is 0 Å². The van der Waals surface area contributed by atoms with E-state index in [4.69, 9.17) is 5.11 Å². The molecule has 12 heavy (non-hydrogen) atoms. The van der Waals surface area contributed by atoms with Gasteiger partial charge in [0, 0.05) is 13.2 Å². The fourth-order valence-electron chi connectivity index (χ4n) is 0.681. The lowest BCUT2D eigenvalue weighted by atomic mass is 10.2. The molecule has 0 rings (SSSR count). The Morgan fingerprint density at radius 1 is 1.08 bits per heavy atom. The van der Waals surface area contributed by atoms with E-state index in [9.17, 15) is 13.2 Å². The second kappa shape index (κ2) is 6.25. The van der Waals surface area contributed by atoms with Crippen molar-refractivity contribution in [1.82, 2.24) is 0 Å². The average Bonchev–Trinajstić information content (AvgIpc) is 1.94. The van der Waals surface area contributed by atoms with Crippen molar-refractivity contribution in [2.45, 2.75) is 25.4 Å². The maximum absolute atomic E-state index is 11.5. The summed E-state index contributed by atoms with van der Waals surface area (Å²) >= 11 is 0. The number of aliphatic hydroxyl groups excluding tert-OH is 1. The highest BCUT2D eigenvalue weighted by molar-refractivity contribution is 4.46. The van der Waals surface area contributed by atoms with E-state index >= 15 is 0 Å². The molecule has 0 atom stereocenters. The number of unbranched alkanes of at least 4 members (excludes halogenated alkanes) is 2. The molecule has 0 saturated carbocycles. The lowest BCUT2D eigenvalue weighted by molar-refractivity contribution is -0.174. The second-order valence-corrected chi connectivity index (χ2v) is 2.45. The van der Waals surface area contributed by atoms with Crippen molar-refractivity contribution in [3.05, 3.63) is 0 Å². The molecule has 5 heteroatoms. The Kier molecular flexibility index (Phi) is 6.10. The van der Waals surface area contributed by atoms with Gasteiger partial charge in [0.25, 0.3) is 0 Å². The summed E-state index contributed by atoms with van der Waals surface area (Å²) in [5, 5.41) is 8.33. The lowest BCUT2D eigenvalue weighted by Gasteiger charge is -2.06. The highest BCUT2D eigenvalue weighted by Gasteiger charge is 2.26. The number of ether oxygens (including phenoxy) is 1. The van der Waals surface area contributed by atoms with Gasteiger partial charge in [-0.2, -0.15) is 13.2 Å². The van der Waals surface area contributed by atoms with Crippen molar-refractivity contribution in [3.8, 4) is 0 Å². The molecule has 0 aliphatic rings. The molecule has 0 unspecified atom stereocenters. The minimum absolute atomic E-state index is 0.0826. The monoisotopic (exact) mass is 186 g/mol. The topological polar surface area (TPSA) is 29.5 Å². The molecular weight excluding hydrogens is 173 g/mol. The van der Waals surface area contributed by atoms with Crippen molar-refractivity contribution >= 4 is 0 Å². The third kappa shape index (κ3) is 9.71. The van der Waals surface area contributed by atoms with E-state index in [0.29, 0.717) is 19.3 Å². The van der Waals surface area contributed by atoms with Gasteiger partial charge in [-0.05, 0) is 19.3 Å². The Hall–Kier alpha value is -0.290. The Morgan fingerprint density at radius 2 is 1.75 bits per heavy atom. The zero-order chi connectivity index (χ0) is 9.45. The predicted molar refractivity (Wildman–Crippen MR) is 37.8 cm³/mol. The van der Waals surface area contributed by atoms with Crippen LogP contribution in [0.5, 0.6) is 0 Å². The first-order valence-corrected chi connectivity index (χ1v) is 3.81. The Balaban J connectivity index is 3.01. The smallest absolute Gasteiger partial charge is 0.396 e. The Morgan fingerprint density at radius 3 is 2.25 bits per heavy atom. The predicted octanol–water partition coefficient (Wildman–Crippen LogP) is 1.73. The number of alkyl halides is 3. The molecule has 0 radical (unpaired) electrons. The minimum atomic E-state index is -4.23. The average molecular weight is 186 g/mol. The largest absolute Gasteiger partial charge is 0.411 e. The molecule has 0 aliphatic heterocycles. The van der Waals surface area contributed by atoms with E-state index in [2.05, 4.69) is 4.74 Å². The molecule has 0 fully saturated rings. The van der Waals surface area contributed by atoms with Crippen molar-refractivity contribution < 1.29 is 23.0 Å². The van der Waals surface area contributed by atoms with Crippen LogP contribution in [0.4, 0.5) is 13.2 Å². The van der Waals surface area contributed by atoms with Crippen LogP contribution in [0.3, 0.4) is 0 Å². The molecule has 0 spiro atoms. The van der Waals surface area contributed by atoms with E-state index in [0.717, 1.165) is 0 Å². The first-order chi connectivity index (χ1) is 5.56. The van der Waals surface area contributed by atoms with Crippen molar-refractivity contribution in [2.75, 3.05) is 19.8 Å². The summed E-state index contributed by atoms with van der Waals surface area (Å²) < 4.78 is 38.7. The molecule has 0 bridgehead atoms. The number of hydrogen-bond donors (Lipinski definition) is 1. The third-order valence-corrected chi connectivity index (χ3v) is 1.21. The fourth-order valence-corrected chi connectivity index (χ4v) is 0.681. The van der Waals surface area contributed by atoms with Crippen LogP contribution >= 0.6 is 0 Å². The van der Waals surface area contributed by atoms with Crippen LogP contribution in [0.2, 0.25) is 0 Å². The minimum Gasteiger partial charge on any atom is -0.396 e. The fraction of sp³-hybridized carbons (Fsp3) is 1.00. The van der Waals surface area contributed by atoms with E-state index in [1.165, 1.54) is 0 Å². The number of aliphatic hydroxyl groups is 1. The standard InChI is InChI=1S/C7H13F3O2/c8-7(9,10)6-12-5-3-1-2-4-11/h11H,1-6H2. The molecule has 1 N–H and O–H groups in total. The Labute approximate surface area is 69.3 Å². The van der Waals surface area contributed by atoms with Gasteiger partial charge in [0.15, 0.2) is 0 Å². The van der Waals surface area contributed by atoms with Crippen molar-refractivity contribution in [1.29, 1.82) is 0 Å². The molecule has 0 aromatic carbocycles. The molecular formula is C7H13F3O2. The first-order valence-electron chi connectivity index (χ1n) is 3.81. The van der Waals surface area contributed by atoms with Gasteiger partial charge in [-0.1, -0.05) is 0 Å². The second-order valence-electron chi connectivity index (χ2n) is 2.45. The summed E-state index contributed by atoms with van der Waals surface area (Å²) in [5.41, 5.74) is 0. The summed E-state index contributed by atoms with van der Waals surface area (Å²) in [7, 11) is 0. The Bertz CT molecular complexity index is 103. The van der Waals surface area contributed by atoms with Crippen LogP contribution < -0.4 is 0 Å². The third-order valence-electron chi connectivity index (χ3n) is 1.21. The van der Waals surface area contributed by atoms with Crippen LogP contribution in [0.25, 0.3) is 0 Å². The highest BCUT2D eigenvalue weighted by atomic mass is 19.4. The van der Waals surface area contributed by atoms with Crippen LogP contribution in [0.15, 0.2) is 0 Å². The van der Waals surface area contributed by atoms with E-state index < -0.39 is 12.8 Å². The summed E-state index contributed by atoms with van der Waals surface area (Å²) in [5.74, 6) is 0. The molecule has 0 heterocycles. The summed E-state index contributed by atoms with van der Waals surface area (Å²) in [6.07, 6.45) is -2.34. The SMILES string of the molecule is OCCCCCOCC(F)(F)F. The number of rotatable bonds is 6. The van der Waals surface area contributed by atoms with Crippen LogP contribution in [-0.4, -0.2) is 31.1 Å². The van der Waals surface area contributed by atoms with Crippen LogP contribution in [0.1, 0.15) is 19.3 Å². The molecule has 0 aromatic heterocycles. The summed E-state index contributed by atoms with van der Waals surface area (Å²) in [4.78, 5) is 0. The molecule has 74 valence electrons. The quantitative estimate of drug-likeness (QED) is 0.640. The van der Waals surface area contributed by atoms with Gasteiger partial charge in [0.1, 0.15) is 6.61 Å². The first kappa shape index (κ1) is 11.7. The molecule has 0 saturated heterocycles. The highest BCUT2D eigenvalue weighted by Crippen LogP contribution is 2.14. The van der Waals surface area contributed by atoms with Gasteiger partial charge in [0.2, 0.25) is 0 Å². The van der Waals surface area contributed by atoms with Gasteiger partial charge in [-0.25, -0.2) is 0 Å². The lowest BCUT2D eigenvalue weighted by Crippen LogP contribution is -2.17. The number of halogens is 3. The maximum Gasteiger partial charge on any atom is 0.411 e. The molecule has 0 aliphatic carbocycles. The summed E-state index contributed by atoms with van der Waals surface area (Å²) in [6, 6.07) is 0. The normalized spacial score (nSPS) is 12.0. The van der Waals surface area contributed by atoms with Crippen LogP contribution in [0, 0.1) is 0 Å². The molecule has 2 nitrogen and oxygen atoms in total. The molecule has 0 aromatic rings. The maximum atomic E-state index is 11.5. The number of hydrogen-bond acceptors (Lipinski definition) is 2.